The SMILES string of the molecule is CC[C@@H](C)NC(=O)[C@H](C)N(Cc1cccc(Cl)c1)C(=O)CN(c1ccc(F)c(F)c1)S(C)(=O)=O. The minimum atomic E-state index is -4.05. The van der Waals surface area contributed by atoms with Gasteiger partial charge in [-0.3, -0.25) is 13.9 Å². The van der Waals surface area contributed by atoms with Crippen molar-refractivity contribution in [2.24, 2.45) is 0 Å². The molecule has 0 fully saturated rings. The van der Waals surface area contributed by atoms with E-state index in [1.807, 2.05) is 13.8 Å². The van der Waals surface area contributed by atoms with E-state index in [1.165, 1.54) is 11.8 Å². The fourth-order valence-corrected chi connectivity index (χ4v) is 4.19. The Bertz CT molecular complexity index is 1150. The number of amides is 2. The first-order valence-electron chi connectivity index (χ1n) is 10.6. The number of nitrogens with one attached hydrogen (secondary N) is 1. The molecule has 7 nitrogen and oxygen atoms in total. The summed E-state index contributed by atoms with van der Waals surface area (Å²) in [7, 11) is -4.05. The molecule has 0 saturated carbocycles. The number of carbonyl (C=O) groups is 2. The Morgan fingerprint density at radius 1 is 1.09 bits per heavy atom. The molecule has 0 aliphatic carbocycles. The number of benzene rings is 2. The highest BCUT2D eigenvalue weighted by Crippen LogP contribution is 2.22. The van der Waals surface area contributed by atoms with Gasteiger partial charge in [-0.05, 0) is 50.1 Å². The van der Waals surface area contributed by atoms with Gasteiger partial charge in [0.2, 0.25) is 21.8 Å². The van der Waals surface area contributed by atoms with Crippen LogP contribution in [0.3, 0.4) is 0 Å². The highest BCUT2D eigenvalue weighted by molar-refractivity contribution is 7.92. The number of carbonyl (C=O) groups excluding carboxylic acids is 2. The summed E-state index contributed by atoms with van der Waals surface area (Å²) >= 11 is 6.05. The van der Waals surface area contributed by atoms with Gasteiger partial charge in [-0.15, -0.1) is 0 Å². The first-order chi connectivity index (χ1) is 15.8. The third-order valence-corrected chi connectivity index (χ3v) is 6.66. The molecule has 0 aliphatic rings. The van der Waals surface area contributed by atoms with Crippen molar-refractivity contribution in [3.05, 3.63) is 64.7 Å². The second-order valence-corrected chi connectivity index (χ2v) is 10.4. The molecule has 2 rings (SSSR count). The average molecular weight is 516 g/mol. The predicted molar refractivity (Wildman–Crippen MR) is 128 cm³/mol. The molecular formula is C23H28ClF2N3O4S. The molecule has 186 valence electrons. The van der Waals surface area contributed by atoms with Gasteiger partial charge in [0, 0.05) is 23.7 Å². The van der Waals surface area contributed by atoms with Gasteiger partial charge >= 0.3 is 0 Å². The van der Waals surface area contributed by atoms with Crippen molar-refractivity contribution in [2.75, 3.05) is 17.1 Å². The molecule has 0 aliphatic heterocycles. The second kappa shape index (κ2) is 11.6. The van der Waals surface area contributed by atoms with Gasteiger partial charge in [0.25, 0.3) is 0 Å². The van der Waals surface area contributed by atoms with Crippen molar-refractivity contribution < 1.29 is 26.8 Å². The molecule has 2 amide bonds. The molecule has 0 heterocycles. The maximum absolute atomic E-state index is 13.8. The van der Waals surface area contributed by atoms with Gasteiger partial charge < -0.3 is 10.2 Å². The van der Waals surface area contributed by atoms with Crippen molar-refractivity contribution in [3.8, 4) is 0 Å². The second-order valence-electron chi connectivity index (χ2n) is 8.01. The van der Waals surface area contributed by atoms with Crippen molar-refractivity contribution >= 4 is 39.1 Å². The lowest BCUT2D eigenvalue weighted by Crippen LogP contribution is -2.52. The van der Waals surface area contributed by atoms with E-state index in [-0.39, 0.29) is 18.3 Å². The fraction of sp³-hybridized carbons (Fsp3) is 0.391. The number of hydrogen-bond donors (Lipinski definition) is 1. The predicted octanol–water partition coefficient (Wildman–Crippen LogP) is 3.72. The van der Waals surface area contributed by atoms with E-state index >= 15 is 0 Å². The van der Waals surface area contributed by atoms with Gasteiger partial charge in [-0.1, -0.05) is 30.7 Å². The van der Waals surface area contributed by atoms with Crippen LogP contribution in [0.5, 0.6) is 0 Å². The van der Waals surface area contributed by atoms with E-state index in [0.717, 1.165) is 18.4 Å². The maximum atomic E-state index is 13.8. The number of sulfonamides is 1. The quantitative estimate of drug-likeness (QED) is 0.522. The lowest BCUT2D eigenvalue weighted by Gasteiger charge is -2.32. The number of rotatable bonds is 10. The van der Waals surface area contributed by atoms with E-state index in [9.17, 15) is 26.8 Å². The molecule has 0 saturated heterocycles. The van der Waals surface area contributed by atoms with Crippen LogP contribution in [0, 0.1) is 11.6 Å². The monoisotopic (exact) mass is 515 g/mol. The van der Waals surface area contributed by atoms with Crippen molar-refractivity contribution in [2.45, 2.75) is 45.8 Å². The number of anilines is 1. The Balaban J connectivity index is 2.41. The van der Waals surface area contributed by atoms with Crippen molar-refractivity contribution in [3.63, 3.8) is 0 Å². The Morgan fingerprint density at radius 3 is 2.32 bits per heavy atom. The van der Waals surface area contributed by atoms with Crippen LogP contribution in [-0.2, 0) is 26.2 Å². The zero-order valence-corrected chi connectivity index (χ0v) is 21.0. The summed E-state index contributed by atoms with van der Waals surface area (Å²) < 4.78 is 52.7. The topological polar surface area (TPSA) is 86.8 Å². The summed E-state index contributed by atoms with van der Waals surface area (Å²) in [5.74, 6) is -3.53. The largest absolute Gasteiger partial charge is 0.352 e. The molecule has 0 aromatic heterocycles. The molecule has 2 aromatic carbocycles. The van der Waals surface area contributed by atoms with Crippen LogP contribution < -0.4 is 9.62 Å². The lowest BCUT2D eigenvalue weighted by molar-refractivity contribution is -0.139. The minimum Gasteiger partial charge on any atom is -0.352 e. The highest BCUT2D eigenvalue weighted by atomic mass is 35.5. The Hall–Kier alpha value is -2.72. The number of halogens is 3. The van der Waals surface area contributed by atoms with E-state index in [4.69, 9.17) is 11.6 Å². The summed E-state index contributed by atoms with van der Waals surface area (Å²) in [5, 5.41) is 3.24. The number of nitrogens with zero attached hydrogens (tertiary/aromatic N) is 2. The average Bonchev–Trinajstić information content (AvgIpc) is 2.76. The molecule has 0 unspecified atom stereocenters. The van der Waals surface area contributed by atoms with Gasteiger partial charge in [0.1, 0.15) is 12.6 Å². The fourth-order valence-electron chi connectivity index (χ4n) is 3.13. The van der Waals surface area contributed by atoms with E-state index in [2.05, 4.69) is 5.32 Å². The summed E-state index contributed by atoms with van der Waals surface area (Å²) in [4.78, 5) is 27.4. The van der Waals surface area contributed by atoms with E-state index in [0.29, 0.717) is 27.4 Å². The maximum Gasteiger partial charge on any atom is 0.244 e. The molecule has 0 radical (unpaired) electrons. The Kier molecular flexibility index (Phi) is 9.40. The van der Waals surface area contributed by atoms with Crippen LogP contribution in [-0.4, -0.2) is 50.0 Å². The standard InChI is InChI=1S/C23H28ClF2N3O4S/c1-5-15(2)27-23(31)16(3)28(13-17-7-6-8-18(24)11-17)22(30)14-29(34(4,32)33)19-9-10-20(25)21(26)12-19/h6-12,15-16H,5,13-14H2,1-4H3,(H,27,31)/t15-,16+/m1/s1. The van der Waals surface area contributed by atoms with Crippen LogP contribution in [0.25, 0.3) is 0 Å². The summed E-state index contributed by atoms with van der Waals surface area (Å²) in [6, 6.07) is 8.15. The van der Waals surface area contributed by atoms with Crippen LogP contribution in [0.15, 0.2) is 42.5 Å². The molecule has 1 N–H and O–H groups in total. The smallest absolute Gasteiger partial charge is 0.244 e. The molecular weight excluding hydrogens is 488 g/mol. The van der Waals surface area contributed by atoms with Crippen molar-refractivity contribution in [1.82, 2.24) is 10.2 Å². The first kappa shape index (κ1) is 27.5. The molecule has 0 bridgehead atoms. The van der Waals surface area contributed by atoms with Crippen molar-refractivity contribution in [1.29, 1.82) is 0 Å². The Morgan fingerprint density at radius 2 is 1.76 bits per heavy atom. The zero-order chi connectivity index (χ0) is 25.6. The minimum absolute atomic E-state index is 0.0239. The third-order valence-electron chi connectivity index (χ3n) is 5.28. The van der Waals surface area contributed by atoms with Crippen LogP contribution in [0.1, 0.15) is 32.8 Å². The number of hydrogen-bond acceptors (Lipinski definition) is 4. The van der Waals surface area contributed by atoms with E-state index in [1.54, 1.807) is 24.3 Å². The lowest BCUT2D eigenvalue weighted by atomic mass is 10.1. The van der Waals surface area contributed by atoms with Crippen LogP contribution in [0.4, 0.5) is 14.5 Å². The molecule has 2 atom stereocenters. The van der Waals surface area contributed by atoms with Gasteiger partial charge in [-0.25, -0.2) is 17.2 Å². The zero-order valence-electron chi connectivity index (χ0n) is 19.4. The molecule has 34 heavy (non-hydrogen) atoms. The van der Waals surface area contributed by atoms with Crippen LogP contribution >= 0.6 is 11.6 Å². The molecule has 0 spiro atoms. The van der Waals surface area contributed by atoms with Gasteiger partial charge in [0.15, 0.2) is 11.6 Å². The third kappa shape index (κ3) is 7.39. The normalized spacial score (nSPS) is 13.1. The first-order valence-corrected chi connectivity index (χ1v) is 12.8. The van der Waals surface area contributed by atoms with Crippen LogP contribution in [0.2, 0.25) is 5.02 Å². The summed E-state index contributed by atoms with van der Waals surface area (Å²) in [6.45, 7) is 4.51. The summed E-state index contributed by atoms with van der Waals surface area (Å²) in [5.41, 5.74) is 0.414. The highest BCUT2D eigenvalue weighted by Gasteiger charge is 2.30. The van der Waals surface area contributed by atoms with Gasteiger partial charge in [0.05, 0.1) is 11.9 Å². The van der Waals surface area contributed by atoms with E-state index < -0.39 is 46.1 Å². The summed E-state index contributed by atoms with van der Waals surface area (Å²) in [6.07, 6.45) is 1.53. The Labute approximate surface area is 203 Å². The molecule has 2 aromatic rings. The molecule has 11 heteroatoms. The van der Waals surface area contributed by atoms with Gasteiger partial charge in [-0.2, -0.15) is 0 Å².